The predicted molar refractivity (Wildman–Crippen MR) is 121 cm³/mol. The summed E-state index contributed by atoms with van der Waals surface area (Å²) in [4.78, 5) is 4.35. The lowest BCUT2D eigenvalue weighted by molar-refractivity contribution is 0.674. The lowest BCUT2D eigenvalue weighted by Gasteiger charge is -2.19. The Labute approximate surface area is 176 Å². The summed E-state index contributed by atoms with van der Waals surface area (Å²) in [6.07, 6.45) is 2.93. The molecule has 0 unspecified atom stereocenters. The normalized spacial score (nSPS) is 11.7. The molecule has 2 heterocycles. The Balaban J connectivity index is 1.37. The van der Waals surface area contributed by atoms with Crippen molar-refractivity contribution in [1.82, 2.24) is 25.2 Å². The van der Waals surface area contributed by atoms with Crippen molar-refractivity contribution in [2.24, 2.45) is 4.99 Å². The molecule has 0 aliphatic heterocycles. The Morgan fingerprint density at radius 1 is 0.867 bits per heavy atom. The molecule has 0 amide bonds. The van der Waals surface area contributed by atoms with Gasteiger partial charge >= 0.3 is 0 Å². The van der Waals surface area contributed by atoms with Crippen LogP contribution < -0.4 is 10.6 Å². The van der Waals surface area contributed by atoms with Crippen molar-refractivity contribution in [3.63, 3.8) is 0 Å². The van der Waals surface area contributed by atoms with Crippen molar-refractivity contribution >= 4 is 11.6 Å². The molecule has 0 saturated carbocycles. The highest BCUT2D eigenvalue weighted by Crippen LogP contribution is 2.27. The Kier molecular flexibility index (Phi) is 6.35. The zero-order valence-corrected chi connectivity index (χ0v) is 17.1. The van der Waals surface area contributed by atoms with Gasteiger partial charge in [0.2, 0.25) is 0 Å². The van der Waals surface area contributed by atoms with Gasteiger partial charge in [0, 0.05) is 25.7 Å². The smallest absolute Gasteiger partial charge is 0.191 e. The second kappa shape index (κ2) is 9.69. The molecule has 4 aromatic rings. The molecular weight excluding hydrogens is 372 g/mol. The van der Waals surface area contributed by atoms with Crippen LogP contribution in [-0.4, -0.2) is 34.2 Å². The first-order valence-corrected chi connectivity index (χ1v) is 10.2. The van der Waals surface area contributed by atoms with Gasteiger partial charge in [-0.3, -0.25) is 9.39 Å². The molecule has 6 heteroatoms. The van der Waals surface area contributed by atoms with Crippen LogP contribution in [0.3, 0.4) is 0 Å². The first-order valence-electron chi connectivity index (χ1n) is 10.2. The summed E-state index contributed by atoms with van der Waals surface area (Å²) >= 11 is 0. The third-order valence-corrected chi connectivity index (χ3v) is 5.15. The summed E-state index contributed by atoms with van der Waals surface area (Å²) in [5.41, 5.74) is 3.48. The van der Waals surface area contributed by atoms with Crippen molar-refractivity contribution in [2.45, 2.75) is 18.9 Å². The Morgan fingerprint density at radius 2 is 1.53 bits per heavy atom. The van der Waals surface area contributed by atoms with E-state index in [0.717, 1.165) is 30.4 Å². The molecule has 0 fully saturated rings. The molecule has 0 atom stereocenters. The van der Waals surface area contributed by atoms with Gasteiger partial charge in [-0.15, -0.1) is 10.2 Å². The van der Waals surface area contributed by atoms with E-state index in [-0.39, 0.29) is 0 Å². The van der Waals surface area contributed by atoms with E-state index in [9.17, 15) is 0 Å². The van der Waals surface area contributed by atoms with Gasteiger partial charge in [-0.25, -0.2) is 0 Å². The van der Waals surface area contributed by atoms with Crippen molar-refractivity contribution in [3.8, 4) is 0 Å². The average molecular weight is 399 g/mol. The number of aliphatic imine (C=N–C) groups is 1. The predicted octanol–water partition coefficient (Wildman–Crippen LogP) is 3.62. The van der Waals surface area contributed by atoms with Crippen LogP contribution in [0.4, 0.5) is 0 Å². The van der Waals surface area contributed by atoms with Crippen molar-refractivity contribution in [1.29, 1.82) is 0 Å². The first kappa shape index (κ1) is 19.6. The number of guanidine groups is 1. The van der Waals surface area contributed by atoms with Crippen LogP contribution in [0.5, 0.6) is 0 Å². The minimum Gasteiger partial charge on any atom is -0.356 e. The van der Waals surface area contributed by atoms with Crippen LogP contribution in [0.1, 0.15) is 29.3 Å². The summed E-state index contributed by atoms with van der Waals surface area (Å²) in [5, 5.41) is 15.2. The van der Waals surface area contributed by atoms with Gasteiger partial charge in [0.15, 0.2) is 17.4 Å². The Hall–Kier alpha value is -3.67. The summed E-state index contributed by atoms with van der Waals surface area (Å²) < 4.78 is 1.97. The molecule has 6 nitrogen and oxygen atoms in total. The number of nitrogens with one attached hydrogen (secondary N) is 2. The van der Waals surface area contributed by atoms with Gasteiger partial charge in [-0.05, 0) is 29.7 Å². The highest BCUT2D eigenvalue weighted by molar-refractivity contribution is 5.79. The lowest BCUT2D eigenvalue weighted by atomic mass is 9.88. The Bertz CT molecular complexity index is 1050. The molecule has 2 aromatic heterocycles. The zero-order valence-electron chi connectivity index (χ0n) is 17.1. The molecule has 0 radical (unpaired) electrons. The highest BCUT2D eigenvalue weighted by Gasteiger charge is 2.14. The molecular formula is C24H26N6. The van der Waals surface area contributed by atoms with E-state index in [1.807, 2.05) is 28.8 Å². The van der Waals surface area contributed by atoms with E-state index in [0.29, 0.717) is 12.5 Å². The number of nitrogens with zero attached hydrogens (tertiary/aromatic N) is 4. The molecule has 2 aromatic carbocycles. The number of aromatic nitrogens is 3. The van der Waals surface area contributed by atoms with Crippen LogP contribution in [0.2, 0.25) is 0 Å². The second-order valence-corrected chi connectivity index (χ2v) is 7.06. The average Bonchev–Trinajstić information content (AvgIpc) is 3.23. The largest absolute Gasteiger partial charge is 0.356 e. The van der Waals surface area contributed by atoms with Crippen LogP contribution in [0, 0.1) is 0 Å². The molecule has 30 heavy (non-hydrogen) atoms. The fourth-order valence-electron chi connectivity index (χ4n) is 3.63. The van der Waals surface area contributed by atoms with E-state index in [1.165, 1.54) is 11.1 Å². The Morgan fingerprint density at radius 3 is 2.20 bits per heavy atom. The lowest BCUT2D eigenvalue weighted by Crippen LogP contribution is -2.38. The number of hydrogen-bond acceptors (Lipinski definition) is 3. The SMILES string of the molecule is CN=C(NCCC(c1ccccc1)c1ccccc1)NCc1nnc2ccccn12. The van der Waals surface area contributed by atoms with Gasteiger partial charge in [0.05, 0.1) is 6.54 Å². The van der Waals surface area contributed by atoms with E-state index < -0.39 is 0 Å². The fraction of sp³-hybridized carbons (Fsp3) is 0.208. The zero-order chi connectivity index (χ0) is 20.6. The van der Waals surface area contributed by atoms with Gasteiger partial charge < -0.3 is 10.6 Å². The maximum atomic E-state index is 4.35. The monoisotopic (exact) mass is 398 g/mol. The molecule has 0 spiro atoms. The van der Waals surface area contributed by atoms with Crippen molar-refractivity contribution in [3.05, 3.63) is 102 Å². The maximum Gasteiger partial charge on any atom is 0.191 e. The topological polar surface area (TPSA) is 66.6 Å². The molecule has 152 valence electrons. The van der Waals surface area contributed by atoms with Crippen molar-refractivity contribution in [2.75, 3.05) is 13.6 Å². The molecule has 0 aliphatic carbocycles. The van der Waals surface area contributed by atoms with Crippen LogP contribution >= 0.6 is 0 Å². The minimum atomic E-state index is 0.332. The standard InChI is InChI=1S/C24H26N6/c1-25-24(27-18-23-29-28-22-14-8-9-17-30(22)23)26-16-15-21(19-10-4-2-5-11-19)20-12-6-3-7-13-20/h2-14,17,21H,15-16,18H2,1H3,(H2,25,26,27). The highest BCUT2D eigenvalue weighted by atomic mass is 15.3. The molecule has 0 aliphatic rings. The quantitative estimate of drug-likeness (QED) is 0.369. The van der Waals surface area contributed by atoms with Gasteiger partial charge in [0.1, 0.15) is 0 Å². The number of rotatable bonds is 7. The summed E-state index contributed by atoms with van der Waals surface area (Å²) in [6.45, 7) is 1.35. The second-order valence-electron chi connectivity index (χ2n) is 7.06. The summed E-state index contributed by atoms with van der Waals surface area (Å²) in [5.74, 6) is 1.93. The van der Waals surface area contributed by atoms with Gasteiger partial charge in [-0.1, -0.05) is 66.7 Å². The van der Waals surface area contributed by atoms with Gasteiger partial charge in [-0.2, -0.15) is 0 Å². The third kappa shape index (κ3) is 4.66. The summed E-state index contributed by atoms with van der Waals surface area (Å²) in [6, 6.07) is 27.2. The number of fused-ring (bicyclic) bond motifs is 1. The van der Waals surface area contributed by atoms with E-state index in [4.69, 9.17) is 0 Å². The summed E-state index contributed by atoms with van der Waals surface area (Å²) in [7, 11) is 1.78. The molecule has 2 N–H and O–H groups in total. The van der Waals surface area contributed by atoms with Gasteiger partial charge in [0.25, 0.3) is 0 Å². The minimum absolute atomic E-state index is 0.332. The van der Waals surface area contributed by atoms with Crippen LogP contribution in [0.15, 0.2) is 90.1 Å². The molecule has 4 rings (SSSR count). The molecule has 0 saturated heterocycles. The number of pyridine rings is 1. The third-order valence-electron chi connectivity index (χ3n) is 5.15. The van der Waals surface area contributed by atoms with E-state index in [1.54, 1.807) is 7.05 Å². The van der Waals surface area contributed by atoms with E-state index in [2.05, 4.69) is 86.5 Å². The van der Waals surface area contributed by atoms with Crippen molar-refractivity contribution < 1.29 is 0 Å². The van der Waals surface area contributed by atoms with Crippen LogP contribution in [0.25, 0.3) is 5.65 Å². The van der Waals surface area contributed by atoms with E-state index >= 15 is 0 Å². The van der Waals surface area contributed by atoms with Crippen LogP contribution in [-0.2, 0) is 6.54 Å². The maximum absolute atomic E-state index is 4.35. The number of benzene rings is 2. The first-order chi connectivity index (χ1) is 14.8. The number of hydrogen-bond donors (Lipinski definition) is 2. The fourth-order valence-corrected chi connectivity index (χ4v) is 3.63. The molecule has 0 bridgehead atoms.